The van der Waals surface area contributed by atoms with Crippen LogP contribution in [0.4, 0.5) is 5.82 Å². The van der Waals surface area contributed by atoms with Gasteiger partial charge in [0.1, 0.15) is 16.5 Å². The van der Waals surface area contributed by atoms with Crippen LogP contribution in [-0.2, 0) is 4.74 Å². The smallest absolute Gasteiger partial charge is 0.161 e. The van der Waals surface area contributed by atoms with Crippen LogP contribution < -0.4 is 14.8 Å². The first-order valence-electron chi connectivity index (χ1n) is 7.89. The van der Waals surface area contributed by atoms with E-state index < -0.39 is 0 Å². The number of aromatic nitrogens is 2. The Morgan fingerprint density at radius 3 is 2.60 bits per heavy atom. The van der Waals surface area contributed by atoms with Crippen LogP contribution >= 0.6 is 11.3 Å². The van der Waals surface area contributed by atoms with Crippen molar-refractivity contribution in [2.24, 2.45) is 0 Å². The maximum absolute atomic E-state index is 5.43. The summed E-state index contributed by atoms with van der Waals surface area (Å²) in [5.41, 5.74) is 2.10. The van der Waals surface area contributed by atoms with Gasteiger partial charge in [-0.05, 0) is 24.6 Å². The summed E-state index contributed by atoms with van der Waals surface area (Å²) in [6.45, 7) is 3.19. The molecule has 2 heterocycles. The number of rotatable bonds is 7. The summed E-state index contributed by atoms with van der Waals surface area (Å²) in [6.07, 6.45) is 0. The van der Waals surface area contributed by atoms with E-state index in [1.807, 2.05) is 25.1 Å². The van der Waals surface area contributed by atoms with Crippen LogP contribution in [0.5, 0.6) is 11.5 Å². The average molecular weight is 359 g/mol. The van der Waals surface area contributed by atoms with Gasteiger partial charge in [-0.25, -0.2) is 9.97 Å². The summed E-state index contributed by atoms with van der Waals surface area (Å²) >= 11 is 1.61. The lowest BCUT2D eigenvalue weighted by Gasteiger charge is -2.11. The van der Waals surface area contributed by atoms with Crippen LogP contribution in [0.25, 0.3) is 21.3 Å². The Morgan fingerprint density at radius 2 is 1.88 bits per heavy atom. The van der Waals surface area contributed by atoms with Crippen LogP contribution in [0, 0.1) is 6.92 Å². The van der Waals surface area contributed by atoms with Crippen molar-refractivity contribution < 1.29 is 14.2 Å². The van der Waals surface area contributed by atoms with E-state index in [4.69, 9.17) is 14.2 Å². The third-order valence-electron chi connectivity index (χ3n) is 3.84. The highest BCUT2D eigenvalue weighted by molar-refractivity contribution is 7.17. The van der Waals surface area contributed by atoms with Crippen molar-refractivity contribution in [2.45, 2.75) is 6.92 Å². The van der Waals surface area contributed by atoms with Gasteiger partial charge in [0.25, 0.3) is 0 Å². The summed E-state index contributed by atoms with van der Waals surface area (Å²) in [4.78, 5) is 10.1. The number of hydrogen-bond acceptors (Lipinski definition) is 7. The Kier molecular flexibility index (Phi) is 5.35. The van der Waals surface area contributed by atoms with Crippen LogP contribution in [0.1, 0.15) is 5.82 Å². The first-order chi connectivity index (χ1) is 12.2. The topological polar surface area (TPSA) is 65.5 Å². The van der Waals surface area contributed by atoms with Crippen molar-refractivity contribution in [2.75, 3.05) is 39.8 Å². The monoisotopic (exact) mass is 359 g/mol. The number of fused-ring (bicyclic) bond motifs is 1. The maximum atomic E-state index is 5.43. The van der Waals surface area contributed by atoms with E-state index in [1.165, 1.54) is 0 Å². The Balaban J connectivity index is 2.10. The van der Waals surface area contributed by atoms with Gasteiger partial charge in [-0.15, -0.1) is 11.3 Å². The molecule has 7 heteroatoms. The van der Waals surface area contributed by atoms with Gasteiger partial charge in [0.15, 0.2) is 11.5 Å². The van der Waals surface area contributed by atoms with Gasteiger partial charge in [-0.1, -0.05) is 6.07 Å². The molecule has 3 aromatic rings. The highest BCUT2D eigenvalue weighted by Gasteiger charge is 2.16. The van der Waals surface area contributed by atoms with Gasteiger partial charge >= 0.3 is 0 Å². The molecule has 2 aromatic heterocycles. The fourth-order valence-electron chi connectivity index (χ4n) is 2.66. The molecule has 0 aliphatic heterocycles. The fraction of sp³-hybridized carbons (Fsp3) is 0.333. The fourth-order valence-corrected chi connectivity index (χ4v) is 3.66. The molecule has 0 saturated carbocycles. The first kappa shape index (κ1) is 17.4. The van der Waals surface area contributed by atoms with Gasteiger partial charge in [0, 0.05) is 24.6 Å². The Bertz CT molecular complexity index is 879. The number of ether oxygens (including phenoxy) is 3. The zero-order valence-electron chi connectivity index (χ0n) is 14.8. The Morgan fingerprint density at radius 1 is 1.08 bits per heavy atom. The van der Waals surface area contributed by atoms with Crippen LogP contribution in [0.3, 0.4) is 0 Å². The Labute approximate surface area is 150 Å². The highest BCUT2D eigenvalue weighted by atomic mass is 32.1. The lowest BCUT2D eigenvalue weighted by molar-refractivity contribution is 0.210. The lowest BCUT2D eigenvalue weighted by atomic mass is 10.1. The van der Waals surface area contributed by atoms with E-state index in [0.717, 1.165) is 33.0 Å². The molecule has 1 N–H and O–H groups in total. The SMILES string of the molecule is COCCNc1nc(C)nc2scc(-c3ccc(OC)c(OC)c3)c12. The Hall–Kier alpha value is -2.38. The second-order valence-corrected chi connectivity index (χ2v) is 6.30. The van der Waals surface area contributed by atoms with Gasteiger partial charge in [0.05, 0.1) is 26.2 Å². The molecule has 0 radical (unpaired) electrons. The van der Waals surface area contributed by atoms with E-state index in [1.54, 1.807) is 32.7 Å². The number of anilines is 1. The summed E-state index contributed by atoms with van der Waals surface area (Å²) in [5, 5.41) is 6.46. The number of thiophene rings is 1. The van der Waals surface area contributed by atoms with Crippen molar-refractivity contribution in [3.8, 4) is 22.6 Å². The molecule has 0 spiro atoms. The summed E-state index contributed by atoms with van der Waals surface area (Å²) < 4.78 is 15.9. The number of hydrogen-bond donors (Lipinski definition) is 1. The standard InChI is InChI=1S/C18H21N3O3S/c1-11-20-17(19-7-8-22-2)16-13(10-25-18(16)21-11)12-5-6-14(23-3)15(9-12)24-4/h5-6,9-10H,7-8H2,1-4H3,(H,19,20,21). The summed E-state index contributed by atoms with van der Waals surface area (Å²) in [6, 6.07) is 5.89. The molecule has 6 nitrogen and oxygen atoms in total. The zero-order chi connectivity index (χ0) is 17.8. The molecule has 0 saturated heterocycles. The largest absolute Gasteiger partial charge is 0.493 e. The number of methoxy groups -OCH3 is 3. The summed E-state index contributed by atoms with van der Waals surface area (Å²) in [7, 11) is 4.95. The second kappa shape index (κ2) is 7.67. The minimum atomic E-state index is 0.611. The summed E-state index contributed by atoms with van der Waals surface area (Å²) in [5.74, 6) is 2.97. The van der Waals surface area contributed by atoms with E-state index in [-0.39, 0.29) is 0 Å². The molecule has 0 fully saturated rings. The molecule has 0 atom stereocenters. The van der Waals surface area contributed by atoms with E-state index >= 15 is 0 Å². The van der Waals surface area contributed by atoms with E-state index in [9.17, 15) is 0 Å². The van der Waals surface area contributed by atoms with Gasteiger partial charge in [-0.3, -0.25) is 0 Å². The minimum absolute atomic E-state index is 0.611. The number of nitrogens with zero attached hydrogens (tertiary/aromatic N) is 2. The van der Waals surface area contributed by atoms with Gasteiger partial charge in [0.2, 0.25) is 0 Å². The van der Waals surface area contributed by atoms with Crippen LogP contribution in [-0.4, -0.2) is 44.4 Å². The second-order valence-electron chi connectivity index (χ2n) is 5.44. The molecule has 0 amide bonds. The molecule has 1 aromatic carbocycles. The van der Waals surface area contributed by atoms with E-state index in [2.05, 4.69) is 20.7 Å². The molecule has 0 aliphatic carbocycles. The predicted octanol–water partition coefficient (Wildman–Crippen LogP) is 3.74. The van der Waals surface area contributed by atoms with Gasteiger partial charge in [-0.2, -0.15) is 0 Å². The maximum Gasteiger partial charge on any atom is 0.161 e. The van der Waals surface area contributed by atoms with Crippen LogP contribution in [0.15, 0.2) is 23.6 Å². The van der Waals surface area contributed by atoms with Crippen molar-refractivity contribution in [3.05, 3.63) is 29.4 Å². The molecule has 0 unspecified atom stereocenters. The van der Waals surface area contributed by atoms with Crippen molar-refractivity contribution >= 4 is 27.4 Å². The molecule has 3 rings (SSSR count). The molecular formula is C18H21N3O3S. The highest BCUT2D eigenvalue weighted by Crippen LogP contribution is 2.40. The molecule has 0 bridgehead atoms. The third kappa shape index (κ3) is 3.52. The normalized spacial score (nSPS) is 10.9. The molecule has 25 heavy (non-hydrogen) atoms. The number of nitrogens with one attached hydrogen (secondary N) is 1. The quantitative estimate of drug-likeness (QED) is 0.648. The molecule has 132 valence electrons. The molecule has 0 aliphatic rings. The number of benzene rings is 1. The lowest BCUT2D eigenvalue weighted by Crippen LogP contribution is -2.10. The zero-order valence-corrected chi connectivity index (χ0v) is 15.6. The van der Waals surface area contributed by atoms with Crippen molar-refractivity contribution in [3.63, 3.8) is 0 Å². The average Bonchev–Trinajstić information content (AvgIpc) is 3.05. The number of aryl methyl sites for hydroxylation is 1. The van der Waals surface area contributed by atoms with Crippen molar-refractivity contribution in [1.29, 1.82) is 0 Å². The van der Waals surface area contributed by atoms with Gasteiger partial charge < -0.3 is 19.5 Å². The van der Waals surface area contributed by atoms with Crippen molar-refractivity contribution in [1.82, 2.24) is 9.97 Å². The third-order valence-corrected chi connectivity index (χ3v) is 4.71. The predicted molar refractivity (Wildman–Crippen MR) is 101 cm³/mol. The molecular weight excluding hydrogens is 338 g/mol. The first-order valence-corrected chi connectivity index (χ1v) is 8.77. The van der Waals surface area contributed by atoms with Crippen LogP contribution in [0.2, 0.25) is 0 Å². The minimum Gasteiger partial charge on any atom is -0.493 e. The van der Waals surface area contributed by atoms with E-state index in [0.29, 0.717) is 24.7 Å².